The minimum Gasteiger partial charge on any atom is -0.493 e. The number of hydrogen-bond acceptors (Lipinski definition) is 7. The number of piperazine rings is 1. The molecule has 0 bridgehead atoms. The summed E-state index contributed by atoms with van der Waals surface area (Å²) in [5, 5.41) is 9.11. The number of carbonyl (C=O) groups is 3. The van der Waals surface area contributed by atoms with Gasteiger partial charge in [0, 0.05) is 44.3 Å². The molecular weight excluding hydrogens is 522 g/mol. The SMILES string of the molecule is CCO[C@@H]1C[C@@H]2CN(C(=O)[C@@H](NC(=O)[C@H](C)NC)c3ccccc3)[C@H](C(=O)N[C@@H]3CCOc4ccccc43)CN2C1. The number of nitrogens with zero attached hydrogens (tertiary/aromatic N) is 2. The minimum absolute atomic E-state index is 0.0623. The van der Waals surface area contributed by atoms with Crippen LogP contribution in [0.3, 0.4) is 0 Å². The molecule has 0 aliphatic carbocycles. The summed E-state index contributed by atoms with van der Waals surface area (Å²) in [5.41, 5.74) is 1.61. The lowest BCUT2D eigenvalue weighted by Gasteiger charge is -2.44. The molecule has 3 heterocycles. The molecule has 3 aliphatic heterocycles. The topological polar surface area (TPSA) is 112 Å². The normalized spacial score (nSPS) is 25.3. The molecule has 220 valence electrons. The van der Waals surface area contributed by atoms with E-state index in [0.29, 0.717) is 38.3 Å². The largest absolute Gasteiger partial charge is 0.493 e. The number of ether oxygens (including phenoxy) is 2. The van der Waals surface area contributed by atoms with Crippen LogP contribution in [0.1, 0.15) is 49.9 Å². The highest BCUT2D eigenvalue weighted by atomic mass is 16.5. The molecule has 0 spiro atoms. The molecule has 2 fully saturated rings. The number of amides is 3. The van der Waals surface area contributed by atoms with Crippen LogP contribution < -0.4 is 20.7 Å². The molecule has 0 unspecified atom stereocenters. The molecule has 2 aromatic carbocycles. The predicted octanol–water partition coefficient (Wildman–Crippen LogP) is 1.78. The molecule has 0 radical (unpaired) electrons. The number of carbonyl (C=O) groups excluding carboxylic acids is 3. The van der Waals surface area contributed by atoms with E-state index in [1.54, 1.807) is 18.9 Å². The number of para-hydroxylation sites is 1. The van der Waals surface area contributed by atoms with Crippen molar-refractivity contribution in [3.63, 3.8) is 0 Å². The second-order valence-electron chi connectivity index (χ2n) is 11.0. The zero-order valence-electron chi connectivity index (χ0n) is 24.0. The fraction of sp³-hybridized carbons (Fsp3) is 0.516. The van der Waals surface area contributed by atoms with Gasteiger partial charge in [-0.1, -0.05) is 48.5 Å². The minimum atomic E-state index is -0.922. The molecule has 5 rings (SSSR count). The van der Waals surface area contributed by atoms with E-state index in [0.717, 1.165) is 24.3 Å². The lowest BCUT2D eigenvalue weighted by molar-refractivity contribution is -0.148. The first kappa shape index (κ1) is 29.0. The molecule has 2 saturated heterocycles. The second kappa shape index (κ2) is 13.0. The Morgan fingerprint density at radius 3 is 2.56 bits per heavy atom. The van der Waals surface area contributed by atoms with Crippen LogP contribution >= 0.6 is 0 Å². The van der Waals surface area contributed by atoms with E-state index < -0.39 is 18.1 Å². The molecule has 2 aromatic rings. The van der Waals surface area contributed by atoms with E-state index in [2.05, 4.69) is 20.9 Å². The Morgan fingerprint density at radius 2 is 1.80 bits per heavy atom. The maximum absolute atomic E-state index is 14.4. The van der Waals surface area contributed by atoms with Gasteiger partial charge in [-0.3, -0.25) is 19.3 Å². The molecule has 0 aromatic heterocycles. The van der Waals surface area contributed by atoms with E-state index >= 15 is 0 Å². The van der Waals surface area contributed by atoms with E-state index in [1.165, 1.54) is 0 Å². The van der Waals surface area contributed by atoms with Crippen molar-refractivity contribution < 1.29 is 23.9 Å². The average molecular weight is 564 g/mol. The number of hydrogen-bond donors (Lipinski definition) is 3. The maximum atomic E-state index is 14.4. The molecular formula is C31H41N5O5. The van der Waals surface area contributed by atoms with Crippen LogP contribution in [0.2, 0.25) is 0 Å². The highest BCUT2D eigenvalue weighted by Crippen LogP contribution is 2.33. The van der Waals surface area contributed by atoms with Crippen molar-refractivity contribution in [1.82, 2.24) is 25.8 Å². The van der Waals surface area contributed by atoms with Crippen LogP contribution in [-0.4, -0.2) is 91.6 Å². The third-order valence-corrected chi connectivity index (χ3v) is 8.44. The van der Waals surface area contributed by atoms with Crippen molar-refractivity contribution >= 4 is 17.7 Å². The summed E-state index contributed by atoms with van der Waals surface area (Å²) in [6, 6.07) is 14.7. The van der Waals surface area contributed by atoms with Crippen molar-refractivity contribution in [2.75, 3.05) is 39.9 Å². The van der Waals surface area contributed by atoms with Gasteiger partial charge in [0.1, 0.15) is 17.8 Å². The van der Waals surface area contributed by atoms with Crippen molar-refractivity contribution in [1.29, 1.82) is 0 Å². The van der Waals surface area contributed by atoms with Gasteiger partial charge in [-0.15, -0.1) is 0 Å². The quantitative estimate of drug-likeness (QED) is 0.427. The first-order valence-electron chi connectivity index (χ1n) is 14.6. The van der Waals surface area contributed by atoms with E-state index in [1.807, 2.05) is 61.5 Å². The first-order chi connectivity index (χ1) is 19.9. The number of fused-ring (bicyclic) bond motifs is 2. The summed E-state index contributed by atoms with van der Waals surface area (Å²) < 4.78 is 11.7. The van der Waals surface area contributed by atoms with Gasteiger partial charge in [-0.05, 0) is 38.9 Å². The van der Waals surface area contributed by atoms with Crippen LogP contribution in [0.25, 0.3) is 0 Å². The number of likely N-dealkylation sites (N-methyl/N-ethyl adjacent to an activating group) is 1. The molecule has 3 amide bonds. The molecule has 41 heavy (non-hydrogen) atoms. The summed E-state index contributed by atoms with van der Waals surface area (Å²) in [4.78, 5) is 45.3. The van der Waals surface area contributed by atoms with Crippen molar-refractivity contribution in [2.45, 2.75) is 63.0 Å². The Balaban J connectivity index is 1.43. The molecule has 10 nitrogen and oxygen atoms in total. The first-order valence-corrected chi connectivity index (χ1v) is 14.6. The van der Waals surface area contributed by atoms with Crippen molar-refractivity contribution in [3.05, 3.63) is 65.7 Å². The Labute approximate surface area is 241 Å². The van der Waals surface area contributed by atoms with Crippen LogP contribution in [0.5, 0.6) is 5.75 Å². The Bertz CT molecular complexity index is 1230. The lowest BCUT2D eigenvalue weighted by Crippen LogP contribution is -2.64. The summed E-state index contributed by atoms with van der Waals surface area (Å²) in [6.07, 6.45) is 1.50. The molecule has 3 N–H and O–H groups in total. The Kier molecular flexibility index (Phi) is 9.22. The highest BCUT2D eigenvalue weighted by molar-refractivity contribution is 5.94. The number of rotatable bonds is 9. The molecule has 10 heteroatoms. The smallest absolute Gasteiger partial charge is 0.250 e. The maximum Gasteiger partial charge on any atom is 0.250 e. The van der Waals surface area contributed by atoms with Crippen LogP contribution in [0.15, 0.2) is 54.6 Å². The van der Waals surface area contributed by atoms with Crippen molar-refractivity contribution in [2.24, 2.45) is 0 Å². The van der Waals surface area contributed by atoms with E-state index in [9.17, 15) is 14.4 Å². The van der Waals surface area contributed by atoms with Gasteiger partial charge in [0.25, 0.3) is 5.91 Å². The summed E-state index contributed by atoms with van der Waals surface area (Å²) >= 11 is 0. The van der Waals surface area contributed by atoms with E-state index in [4.69, 9.17) is 9.47 Å². The van der Waals surface area contributed by atoms with Gasteiger partial charge in [0.15, 0.2) is 0 Å². The standard InChI is InChI=1S/C31H41N5O5/c1-4-40-23-16-22-17-36(31(39)28(21-10-6-5-7-11-21)34-29(37)20(2)32-3)26(19-35(22)18-23)30(38)33-25-14-15-41-27-13-9-8-12-24(25)27/h5-13,20,22-23,25-26,28,32H,4,14-19H2,1-3H3,(H,33,38)(H,34,37)/t20-,22+,23+,25+,26-,28-/m0/s1. The van der Waals surface area contributed by atoms with E-state index in [-0.39, 0.29) is 35.9 Å². The van der Waals surface area contributed by atoms with Crippen LogP contribution in [-0.2, 0) is 19.1 Å². The van der Waals surface area contributed by atoms with Gasteiger partial charge >= 0.3 is 0 Å². The zero-order valence-corrected chi connectivity index (χ0v) is 24.0. The van der Waals surface area contributed by atoms with Gasteiger partial charge in [0.05, 0.1) is 24.8 Å². The second-order valence-corrected chi connectivity index (χ2v) is 11.0. The summed E-state index contributed by atoms with van der Waals surface area (Å²) in [7, 11) is 1.70. The average Bonchev–Trinajstić information content (AvgIpc) is 3.40. The van der Waals surface area contributed by atoms with Gasteiger partial charge < -0.3 is 30.3 Å². The van der Waals surface area contributed by atoms with Gasteiger partial charge in [-0.25, -0.2) is 0 Å². The van der Waals surface area contributed by atoms with Gasteiger partial charge in [0.2, 0.25) is 11.8 Å². The summed E-state index contributed by atoms with van der Waals surface area (Å²) in [6.45, 7) is 6.36. The molecule has 3 aliphatic rings. The Hall–Kier alpha value is -3.47. The Morgan fingerprint density at radius 1 is 1.05 bits per heavy atom. The molecule has 0 saturated carbocycles. The monoisotopic (exact) mass is 563 g/mol. The predicted molar refractivity (Wildman–Crippen MR) is 154 cm³/mol. The third-order valence-electron chi connectivity index (χ3n) is 8.44. The molecule has 6 atom stereocenters. The highest BCUT2D eigenvalue weighted by Gasteiger charge is 2.46. The fourth-order valence-corrected chi connectivity index (χ4v) is 6.11. The lowest BCUT2D eigenvalue weighted by atomic mass is 9.98. The fourth-order valence-electron chi connectivity index (χ4n) is 6.11. The van der Waals surface area contributed by atoms with Crippen molar-refractivity contribution in [3.8, 4) is 5.75 Å². The summed E-state index contributed by atoms with van der Waals surface area (Å²) in [5.74, 6) is -0.0179. The zero-order chi connectivity index (χ0) is 28.9. The number of nitrogens with one attached hydrogen (secondary N) is 3. The van der Waals surface area contributed by atoms with Crippen LogP contribution in [0, 0.1) is 0 Å². The third kappa shape index (κ3) is 6.39. The van der Waals surface area contributed by atoms with Crippen LogP contribution in [0.4, 0.5) is 0 Å². The number of benzene rings is 2. The van der Waals surface area contributed by atoms with Gasteiger partial charge in [-0.2, -0.15) is 0 Å².